The number of aryl methyl sites for hydroxylation is 1. The molecule has 0 amide bonds. The highest BCUT2D eigenvalue weighted by Gasteiger charge is 2.22. The number of hydrogen-bond acceptors (Lipinski definition) is 8. The maximum absolute atomic E-state index is 4.96. The van der Waals surface area contributed by atoms with E-state index >= 15 is 0 Å². The van der Waals surface area contributed by atoms with Crippen LogP contribution >= 0.6 is 0 Å². The van der Waals surface area contributed by atoms with Crippen LogP contribution in [0.3, 0.4) is 0 Å². The van der Waals surface area contributed by atoms with Gasteiger partial charge in [-0.1, -0.05) is 12.1 Å². The normalized spacial score (nSPS) is 14.4. The van der Waals surface area contributed by atoms with Crippen LogP contribution in [0, 0.1) is 6.92 Å². The van der Waals surface area contributed by atoms with E-state index in [0.717, 1.165) is 65.8 Å². The molecule has 0 bridgehead atoms. The molecule has 5 aromatic rings. The van der Waals surface area contributed by atoms with Gasteiger partial charge in [0.05, 0.1) is 5.52 Å². The van der Waals surface area contributed by atoms with Gasteiger partial charge in [-0.2, -0.15) is 4.52 Å². The molecular weight excluding hydrogens is 402 g/mol. The van der Waals surface area contributed by atoms with Gasteiger partial charge in [0.1, 0.15) is 11.6 Å². The molecule has 9 heteroatoms. The van der Waals surface area contributed by atoms with Crippen molar-refractivity contribution in [1.82, 2.24) is 34.8 Å². The molecule has 0 unspecified atom stereocenters. The summed E-state index contributed by atoms with van der Waals surface area (Å²) in [5.74, 6) is 3.39. The Kier molecular flexibility index (Phi) is 4.38. The van der Waals surface area contributed by atoms with Gasteiger partial charge in [0, 0.05) is 49.5 Å². The minimum Gasteiger partial charge on any atom is -0.352 e. The molecule has 6 rings (SSSR count). The van der Waals surface area contributed by atoms with Crippen molar-refractivity contribution in [1.29, 1.82) is 0 Å². The fraction of sp³-hybridized carbons (Fsp3) is 0.217. The fourth-order valence-electron chi connectivity index (χ4n) is 4.13. The Balaban J connectivity index is 1.31. The minimum absolute atomic E-state index is 0.699. The lowest BCUT2D eigenvalue weighted by Crippen LogP contribution is -2.47. The molecule has 32 heavy (non-hydrogen) atoms. The smallest absolute Gasteiger partial charge is 0.178 e. The van der Waals surface area contributed by atoms with Gasteiger partial charge in [-0.25, -0.2) is 9.97 Å². The summed E-state index contributed by atoms with van der Waals surface area (Å²) in [5.41, 5.74) is 2.62. The van der Waals surface area contributed by atoms with E-state index in [1.54, 1.807) is 16.9 Å². The zero-order valence-corrected chi connectivity index (χ0v) is 17.6. The van der Waals surface area contributed by atoms with Crippen LogP contribution in [0.25, 0.3) is 27.9 Å². The number of piperazine rings is 1. The van der Waals surface area contributed by atoms with Crippen molar-refractivity contribution in [2.24, 2.45) is 0 Å². The van der Waals surface area contributed by atoms with Gasteiger partial charge in [-0.15, -0.1) is 15.3 Å². The zero-order valence-electron chi connectivity index (χ0n) is 17.6. The third kappa shape index (κ3) is 3.18. The van der Waals surface area contributed by atoms with Crippen LogP contribution < -0.4 is 9.80 Å². The van der Waals surface area contributed by atoms with E-state index in [2.05, 4.69) is 31.0 Å². The summed E-state index contributed by atoms with van der Waals surface area (Å²) in [6, 6.07) is 16.1. The summed E-state index contributed by atoms with van der Waals surface area (Å²) >= 11 is 0. The SMILES string of the molecule is Cc1nnc2ccc(N3CCN(c4nc(-c5cccnc5)nc5ccccc45)CC3)nn12. The molecule has 5 heterocycles. The van der Waals surface area contributed by atoms with Gasteiger partial charge in [0.15, 0.2) is 17.3 Å². The molecule has 1 aromatic carbocycles. The molecule has 0 N–H and O–H groups in total. The number of para-hydroxylation sites is 1. The first-order chi connectivity index (χ1) is 15.8. The van der Waals surface area contributed by atoms with Crippen LogP contribution in [0.1, 0.15) is 5.82 Å². The first kappa shape index (κ1) is 18.6. The Morgan fingerprint density at radius 1 is 0.812 bits per heavy atom. The summed E-state index contributed by atoms with van der Waals surface area (Å²) in [5, 5.41) is 14.0. The maximum Gasteiger partial charge on any atom is 0.178 e. The maximum atomic E-state index is 4.96. The Hall–Kier alpha value is -4.14. The molecule has 158 valence electrons. The highest BCUT2D eigenvalue weighted by Crippen LogP contribution is 2.28. The minimum atomic E-state index is 0.699. The molecule has 0 radical (unpaired) electrons. The summed E-state index contributed by atoms with van der Waals surface area (Å²) < 4.78 is 1.79. The van der Waals surface area contributed by atoms with Crippen LogP contribution in [0.4, 0.5) is 11.6 Å². The molecule has 0 saturated carbocycles. The Morgan fingerprint density at radius 2 is 1.66 bits per heavy atom. The van der Waals surface area contributed by atoms with Crippen molar-refractivity contribution in [2.75, 3.05) is 36.0 Å². The van der Waals surface area contributed by atoms with Crippen LogP contribution in [-0.2, 0) is 0 Å². The Morgan fingerprint density at radius 3 is 2.50 bits per heavy atom. The van der Waals surface area contributed by atoms with Crippen LogP contribution in [0.15, 0.2) is 60.9 Å². The van der Waals surface area contributed by atoms with E-state index in [1.807, 2.05) is 49.4 Å². The van der Waals surface area contributed by atoms with Gasteiger partial charge in [-0.3, -0.25) is 4.98 Å². The lowest BCUT2D eigenvalue weighted by atomic mass is 10.2. The van der Waals surface area contributed by atoms with E-state index in [0.29, 0.717) is 5.82 Å². The first-order valence-electron chi connectivity index (χ1n) is 10.6. The molecule has 1 saturated heterocycles. The Labute approximate surface area is 184 Å². The van der Waals surface area contributed by atoms with Gasteiger partial charge in [0.25, 0.3) is 0 Å². The number of hydrogen-bond donors (Lipinski definition) is 0. The highest BCUT2D eigenvalue weighted by molar-refractivity contribution is 5.91. The standard InChI is InChI=1S/C23H21N9/c1-16-27-28-20-8-9-21(29-32(16)20)30-11-13-31(14-12-30)23-18-6-2-3-7-19(18)25-22(26-23)17-5-4-10-24-15-17/h2-10,15H,11-14H2,1H3. The summed E-state index contributed by atoms with van der Waals surface area (Å²) in [6.07, 6.45) is 3.57. The van der Waals surface area contributed by atoms with E-state index in [9.17, 15) is 0 Å². The van der Waals surface area contributed by atoms with E-state index in [-0.39, 0.29) is 0 Å². The first-order valence-corrected chi connectivity index (χ1v) is 10.6. The number of aromatic nitrogens is 7. The van der Waals surface area contributed by atoms with Crippen molar-refractivity contribution in [3.05, 3.63) is 66.7 Å². The average Bonchev–Trinajstić information content (AvgIpc) is 3.24. The van der Waals surface area contributed by atoms with Crippen molar-refractivity contribution in [2.45, 2.75) is 6.92 Å². The molecule has 4 aromatic heterocycles. The second-order valence-corrected chi connectivity index (χ2v) is 7.81. The predicted octanol–water partition coefficient (Wildman–Crippen LogP) is 2.76. The van der Waals surface area contributed by atoms with Gasteiger partial charge in [-0.05, 0) is 43.3 Å². The van der Waals surface area contributed by atoms with E-state index in [1.165, 1.54) is 0 Å². The van der Waals surface area contributed by atoms with Crippen molar-refractivity contribution >= 4 is 28.2 Å². The number of nitrogens with zero attached hydrogens (tertiary/aromatic N) is 9. The van der Waals surface area contributed by atoms with Crippen molar-refractivity contribution < 1.29 is 0 Å². The molecule has 0 aliphatic carbocycles. The molecule has 1 aliphatic rings. The molecule has 0 atom stereocenters. The van der Waals surface area contributed by atoms with Crippen LogP contribution in [0.2, 0.25) is 0 Å². The number of rotatable bonds is 3. The van der Waals surface area contributed by atoms with Gasteiger partial charge < -0.3 is 9.80 Å². The molecule has 0 spiro atoms. The molecule has 1 aliphatic heterocycles. The monoisotopic (exact) mass is 423 g/mol. The largest absolute Gasteiger partial charge is 0.352 e. The Bertz CT molecular complexity index is 1410. The predicted molar refractivity (Wildman–Crippen MR) is 123 cm³/mol. The quantitative estimate of drug-likeness (QED) is 0.438. The zero-order chi connectivity index (χ0) is 21.5. The third-order valence-electron chi connectivity index (χ3n) is 5.81. The van der Waals surface area contributed by atoms with Gasteiger partial charge >= 0.3 is 0 Å². The third-order valence-corrected chi connectivity index (χ3v) is 5.81. The summed E-state index contributed by atoms with van der Waals surface area (Å²) in [4.78, 5) is 18.6. The molecule has 1 fully saturated rings. The topological polar surface area (TPSA) is 88.2 Å². The van der Waals surface area contributed by atoms with Crippen LogP contribution in [0.5, 0.6) is 0 Å². The van der Waals surface area contributed by atoms with E-state index < -0.39 is 0 Å². The average molecular weight is 423 g/mol. The number of fused-ring (bicyclic) bond motifs is 2. The van der Waals surface area contributed by atoms with E-state index in [4.69, 9.17) is 15.1 Å². The lowest BCUT2D eigenvalue weighted by molar-refractivity contribution is 0.637. The molecular formula is C23H21N9. The number of pyridine rings is 1. The second kappa shape index (κ2) is 7.52. The van der Waals surface area contributed by atoms with Gasteiger partial charge in [0.2, 0.25) is 0 Å². The fourth-order valence-corrected chi connectivity index (χ4v) is 4.13. The molecule has 9 nitrogen and oxygen atoms in total. The number of benzene rings is 1. The second-order valence-electron chi connectivity index (χ2n) is 7.81. The summed E-state index contributed by atoms with van der Waals surface area (Å²) in [7, 11) is 0. The highest BCUT2D eigenvalue weighted by atomic mass is 15.4. The van der Waals surface area contributed by atoms with Crippen molar-refractivity contribution in [3.8, 4) is 11.4 Å². The van der Waals surface area contributed by atoms with Crippen LogP contribution in [-0.4, -0.2) is 60.9 Å². The lowest BCUT2D eigenvalue weighted by Gasteiger charge is -2.36. The number of anilines is 2. The summed E-state index contributed by atoms with van der Waals surface area (Å²) in [6.45, 7) is 5.29. The van der Waals surface area contributed by atoms with Crippen molar-refractivity contribution in [3.63, 3.8) is 0 Å².